The van der Waals surface area contributed by atoms with E-state index in [9.17, 15) is 15.5 Å². The summed E-state index contributed by atoms with van der Waals surface area (Å²) in [6, 6.07) is 29.3. The third kappa shape index (κ3) is 3.80. The minimum Gasteiger partial charge on any atom is -0.495 e. The number of hydrogen-bond acceptors (Lipinski definition) is 7. The lowest BCUT2D eigenvalue weighted by Crippen LogP contribution is -2.52. The first-order valence-electron chi connectivity index (χ1n) is 13.3. The van der Waals surface area contributed by atoms with E-state index in [0.29, 0.717) is 41.3 Å². The summed E-state index contributed by atoms with van der Waals surface area (Å²) in [5, 5.41) is 34.7. The second-order valence-corrected chi connectivity index (χ2v) is 10.7. The van der Waals surface area contributed by atoms with Crippen LogP contribution in [0.4, 0.5) is 0 Å². The van der Waals surface area contributed by atoms with Crippen LogP contribution in [-0.2, 0) is 17.7 Å². The van der Waals surface area contributed by atoms with Gasteiger partial charge in [0.1, 0.15) is 11.5 Å². The molecule has 2 aliphatic rings. The smallest absolute Gasteiger partial charge is 0.177 e. The molecule has 7 nitrogen and oxygen atoms in total. The van der Waals surface area contributed by atoms with Gasteiger partial charge in [0.05, 0.1) is 42.8 Å². The average molecular weight is 534 g/mol. The molecule has 5 atom stereocenters. The Bertz CT molecular complexity index is 1540. The molecule has 1 aliphatic carbocycles. The van der Waals surface area contributed by atoms with Crippen LogP contribution in [0.3, 0.4) is 0 Å². The Morgan fingerprint density at radius 3 is 2.33 bits per heavy atom. The largest absolute Gasteiger partial charge is 0.495 e. The van der Waals surface area contributed by atoms with Gasteiger partial charge in [-0.3, -0.25) is 4.98 Å². The van der Waals surface area contributed by atoms with E-state index in [1.807, 2.05) is 67.7 Å². The number of ether oxygens (including phenoxy) is 2. The fraction of sp³-hybridized carbons (Fsp3) is 0.273. The molecule has 0 radical (unpaired) electrons. The van der Waals surface area contributed by atoms with Gasteiger partial charge in [0, 0.05) is 24.9 Å². The Kier molecular flexibility index (Phi) is 6.55. The van der Waals surface area contributed by atoms with Crippen molar-refractivity contribution in [3.8, 4) is 17.6 Å². The molecule has 3 unspecified atom stereocenters. The first kappa shape index (κ1) is 26.0. The highest BCUT2D eigenvalue weighted by Gasteiger charge is 2.76. The first-order chi connectivity index (χ1) is 19.4. The molecular weight excluding hydrogens is 502 g/mol. The maximum absolute atomic E-state index is 12.9. The van der Waals surface area contributed by atoms with E-state index in [-0.39, 0.29) is 0 Å². The number of pyridine rings is 1. The van der Waals surface area contributed by atoms with Gasteiger partial charge in [-0.2, -0.15) is 5.26 Å². The van der Waals surface area contributed by atoms with Gasteiger partial charge in [-0.05, 0) is 35.9 Å². The molecule has 0 bridgehead atoms. The summed E-state index contributed by atoms with van der Waals surface area (Å²) in [7, 11) is 3.54. The van der Waals surface area contributed by atoms with Crippen LogP contribution in [0.2, 0.25) is 0 Å². The van der Waals surface area contributed by atoms with Gasteiger partial charge in [-0.1, -0.05) is 72.8 Å². The molecular formula is C33H31N3O4. The molecule has 2 heterocycles. The zero-order valence-electron chi connectivity index (χ0n) is 22.4. The number of methoxy groups -OCH3 is 1. The molecule has 7 heteroatoms. The number of nitriles is 1. The van der Waals surface area contributed by atoms with Crippen molar-refractivity contribution in [2.24, 2.45) is 5.92 Å². The van der Waals surface area contributed by atoms with Gasteiger partial charge in [0.25, 0.3) is 0 Å². The van der Waals surface area contributed by atoms with Gasteiger partial charge in [0.2, 0.25) is 0 Å². The summed E-state index contributed by atoms with van der Waals surface area (Å²) >= 11 is 0. The molecule has 0 saturated heterocycles. The van der Waals surface area contributed by atoms with E-state index in [4.69, 9.17) is 9.47 Å². The monoisotopic (exact) mass is 533 g/mol. The van der Waals surface area contributed by atoms with E-state index in [1.165, 1.54) is 13.3 Å². The van der Waals surface area contributed by atoms with Crippen LogP contribution in [0.25, 0.3) is 0 Å². The van der Waals surface area contributed by atoms with Crippen LogP contribution in [0.15, 0.2) is 97.3 Å². The zero-order chi connectivity index (χ0) is 27.9. The fourth-order valence-corrected chi connectivity index (χ4v) is 6.85. The van der Waals surface area contributed by atoms with Crippen molar-refractivity contribution >= 4 is 0 Å². The molecule has 1 saturated carbocycles. The molecule has 0 spiro atoms. The van der Waals surface area contributed by atoms with Crippen LogP contribution in [0.5, 0.6) is 11.5 Å². The third-order valence-electron chi connectivity index (χ3n) is 8.43. The minimum atomic E-state index is -1.87. The second kappa shape index (κ2) is 10.1. The van der Waals surface area contributed by atoms with Crippen LogP contribution >= 0.6 is 0 Å². The summed E-state index contributed by atoms with van der Waals surface area (Å²) < 4.78 is 12.5. The van der Waals surface area contributed by atoms with Gasteiger partial charge in [-0.25, -0.2) is 0 Å². The number of hydrogen-bond donors (Lipinski definition) is 2. The summed E-state index contributed by atoms with van der Waals surface area (Å²) in [6.07, 6.45) is 1.88. The number of fused-ring (bicyclic) bond motifs is 3. The molecule has 4 aromatic rings. The average Bonchev–Trinajstić information content (AvgIpc) is 3.36. The molecule has 3 aromatic carbocycles. The zero-order valence-corrected chi connectivity index (χ0v) is 22.4. The van der Waals surface area contributed by atoms with Crippen molar-refractivity contribution in [2.45, 2.75) is 29.8 Å². The van der Waals surface area contributed by atoms with Crippen molar-refractivity contribution in [1.82, 2.24) is 9.88 Å². The quantitative estimate of drug-likeness (QED) is 0.365. The highest BCUT2D eigenvalue weighted by Crippen LogP contribution is 2.69. The topological polar surface area (TPSA) is 98.8 Å². The van der Waals surface area contributed by atoms with E-state index in [2.05, 4.69) is 28.1 Å². The SMILES string of the molecule is COc1cncc2c1[C@]1(O)[C@H](O)C(CN(C)Cc3ccccc3)C(c3ccccc3)C1(c1ccc(C#N)cc1)O2. The Labute approximate surface area is 233 Å². The molecule has 6 rings (SSSR count). The second-order valence-electron chi connectivity index (χ2n) is 10.7. The number of nitrogens with zero attached hydrogens (tertiary/aromatic N) is 3. The highest BCUT2D eigenvalue weighted by atomic mass is 16.5. The van der Waals surface area contributed by atoms with Crippen molar-refractivity contribution in [3.63, 3.8) is 0 Å². The fourth-order valence-electron chi connectivity index (χ4n) is 6.85. The molecule has 40 heavy (non-hydrogen) atoms. The van der Waals surface area contributed by atoms with Gasteiger partial charge in [-0.15, -0.1) is 0 Å². The van der Waals surface area contributed by atoms with Gasteiger partial charge < -0.3 is 24.6 Å². The Hall–Kier alpha value is -4.22. The molecule has 1 aliphatic heterocycles. The van der Waals surface area contributed by atoms with Gasteiger partial charge in [0.15, 0.2) is 11.2 Å². The van der Waals surface area contributed by atoms with Crippen molar-refractivity contribution in [1.29, 1.82) is 5.26 Å². The number of benzene rings is 3. The van der Waals surface area contributed by atoms with E-state index in [1.54, 1.807) is 18.3 Å². The Morgan fingerprint density at radius 2 is 1.68 bits per heavy atom. The summed E-state index contributed by atoms with van der Waals surface area (Å²) in [6.45, 7) is 1.17. The third-order valence-corrected chi connectivity index (χ3v) is 8.43. The number of aliphatic hydroxyl groups excluding tert-OH is 1. The van der Waals surface area contributed by atoms with Crippen molar-refractivity contribution in [2.75, 3.05) is 20.7 Å². The molecule has 202 valence electrons. The predicted molar refractivity (Wildman–Crippen MR) is 150 cm³/mol. The molecule has 1 aromatic heterocycles. The first-order valence-corrected chi connectivity index (χ1v) is 13.3. The maximum atomic E-state index is 12.9. The molecule has 0 amide bonds. The van der Waals surface area contributed by atoms with E-state index >= 15 is 0 Å². The predicted octanol–water partition coefficient (Wildman–Crippen LogP) is 4.34. The Balaban J connectivity index is 1.56. The molecule has 1 fully saturated rings. The highest BCUT2D eigenvalue weighted by molar-refractivity contribution is 5.59. The molecule has 2 N–H and O–H groups in total. The van der Waals surface area contributed by atoms with Gasteiger partial charge >= 0.3 is 0 Å². The van der Waals surface area contributed by atoms with Crippen molar-refractivity contribution in [3.05, 3.63) is 125 Å². The maximum Gasteiger partial charge on any atom is 0.177 e. The summed E-state index contributed by atoms with van der Waals surface area (Å²) in [4.78, 5) is 6.45. The minimum absolute atomic E-state index is 0.347. The number of rotatable bonds is 7. The number of aliphatic hydroxyl groups is 2. The summed E-state index contributed by atoms with van der Waals surface area (Å²) in [5.74, 6) is -0.179. The lowest BCUT2D eigenvalue weighted by molar-refractivity contribution is -0.152. The van der Waals surface area contributed by atoms with Crippen molar-refractivity contribution < 1.29 is 19.7 Å². The van der Waals surface area contributed by atoms with E-state index < -0.39 is 29.1 Å². The number of aromatic nitrogens is 1. The van der Waals surface area contributed by atoms with Crippen LogP contribution in [0, 0.1) is 17.2 Å². The summed E-state index contributed by atoms with van der Waals surface area (Å²) in [5.41, 5.74) is 0.336. The normalized spacial score (nSPS) is 26.6. The van der Waals surface area contributed by atoms with Crippen LogP contribution in [-0.4, -0.2) is 46.9 Å². The van der Waals surface area contributed by atoms with Crippen LogP contribution in [0.1, 0.15) is 33.7 Å². The van der Waals surface area contributed by atoms with Crippen LogP contribution < -0.4 is 9.47 Å². The lowest BCUT2D eigenvalue weighted by Gasteiger charge is -2.41. The standard InChI is InChI=1S/C33H31N3O4/c1-36(20-23-9-5-3-6-10-23)21-26-29(24-11-7-4-8-12-24)33(25-15-13-22(17-34)14-16-25)32(38,31(26)37)30-27(39-2)18-35-19-28(30)40-33/h3-16,18-19,26,29,31,37-38H,20-21H2,1-2H3/t26?,29?,31-,32+,33?/m1/s1. The van der Waals surface area contributed by atoms with E-state index in [0.717, 1.165) is 11.1 Å². The Morgan fingerprint density at radius 1 is 1.00 bits per heavy atom. The lowest BCUT2D eigenvalue weighted by atomic mass is 9.70.